The van der Waals surface area contributed by atoms with Crippen LogP contribution < -0.4 is 5.32 Å². The number of ether oxygens (including phenoxy) is 1. The average molecular weight is 291 g/mol. The number of carbonyl (C=O) groups is 2. The fraction of sp³-hybridized carbons (Fsp3) is 0.231. The van der Waals surface area contributed by atoms with Crippen LogP contribution in [0.4, 0.5) is 5.13 Å². The number of nitrogens with zero attached hydrogens (tertiary/aromatic N) is 2. The Bertz CT molecular complexity index is 667. The Kier molecular flexibility index (Phi) is 4.09. The fourth-order valence-electron chi connectivity index (χ4n) is 1.50. The summed E-state index contributed by atoms with van der Waals surface area (Å²) in [6.45, 7) is 3.91. The fourth-order valence-corrected chi connectivity index (χ4v) is 2.05. The molecule has 0 radical (unpaired) electrons. The van der Waals surface area contributed by atoms with Gasteiger partial charge in [0.25, 0.3) is 11.7 Å². The van der Waals surface area contributed by atoms with E-state index in [2.05, 4.69) is 19.4 Å². The maximum absolute atomic E-state index is 12.0. The standard InChI is InChI=1S/C13H13N3O3S/c1-7-4-5-9(6-8(7)2)11(17)15-13-14-10(16-20-13)12(18)19-3/h4-6H,1-3H3,(H,14,15,16,17). The molecule has 0 aliphatic heterocycles. The first-order valence-corrected chi connectivity index (χ1v) is 6.59. The van der Waals surface area contributed by atoms with E-state index in [0.717, 1.165) is 22.7 Å². The molecule has 1 aromatic carbocycles. The van der Waals surface area contributed by atoms with Crippen LogP contribution in [-0.2, 0) is 4.74 Å². The zero-order valence-corrected chi connectivity index (χ0v) is 12.1. The molecule has 1 N–H and O–H groups in total. The van der Waals surface area contributed by atoms with Crippen molar-refractivity contribution in [1.29, 1.82) is 0 Å². The van der Waals surface area contributed by atoms with Crippen LogP contribution in [0.3, 0.4) is 0 Å². The third-order valence-electron chi connectivity index (χ3n) is 2.78. The van der Waals surface area contributed by atoms with Crippen LogP contribution in [0.1, 0.15) is 32.1 Å². The Labute approximate surface area is 120 Å². The number of rotatable bonds is 3. The molecule has 2 aromatic rings. The lowest BCUT2D eigenvalue weighted by atomic mass is 10.1. The number of esters is 1. The third-order valence-corrected chi connectivity index (χ3v) is 3.41. The van der Waals surface area contributed by atoms with Gasteiger partial charge in [-0.2, -0.15) is 9.36 Å². The smallest absolute Gasteiger partial charge is 0.377 e. The van der Waals surface area contributed by atoms with Crippen LogP contribution in [0.2, 0.25) is 0 Å². The van der Waals surface area contributed by atoms with Gasteiger partial charge in [0.1, 0.15) is 0 Å². The minimum absolute atomic E-state index is 0.0621. The van der Waals surface area contributed by atoms with Crippen molar-refractivity contribution in [1.82, 2.24) is 9.36 Å². The zero-order valence-electron chi connectivity index (χ0n) is 11.3. The van der Waals surface area contributed by atoms with Gasteiger partial charge in [-0.05, 0) is 37.1 Å². The molecule has 0 aliphatic carbocycles. The van der Waals surface area contributed by atoms with Gasteiger partial charge in [-0.25, -0.2) is 4.79 Å². The first-order chi connectivity index (χ1) is 9.51. The summed E-state index contributed by atoms with van der Waals surface area (Å²) in [6.07, 6.45) is 0. The third kappa shape index (κ3) is 3.00. The molecule has 6 nitrogen and oxygen atoms in total. The van der Waals surface area contributed by atoms with Crippen molar-refractivity contribution in [3.63, 3.8) is 0 Å². The molecule has 0 fully saturated rings. The second kappa shape index (κ2) is 5.79. The van der Waals surface area contributed by atoms with E-state index in [9.17, 15) is 9.59 Å². The van der Waals surface area contributed by atoms with Crippen LogP contribution >= 0.6 is 11.5 Å². The molecular weight excluding hydrogens is 278 g/mol. The van der Waals surface area contributed by atoms with Crippen molar-refractivity contribution < 1.29 is 14.3 Å². The summed E-state index contributed by atoms with van der Waals surface area (Å²) in [7, 11) is 1.25. The van der Waals surface area contributed by atoms with E-state index in [1.165, 1.54) is 7.11 Å². The van der Waals surface area contributed by atoms with E-state index in [-0.39, 0.29) is 16.9 Å². The van der Waals surface area contributed by atoms with Gasteiger partial charge < -0.3 is 4.74 Å². The Balaban J connectivity index is 2.13. The Morgan fingerprint density at radius 2 is 2.00 bits per heavy atom. The number of anilines is 1. The average Bonchev–Trinajstić information content (AvgIpc) is 2.89. The van der Waals surface area contributed by atoms with Crippen molar-refractivity contribution in [3.05, 3.63) is 40.7 Å². The summed E-state index contributed by atoms with van der Waals surface area (Å²) >= 11 is 0.930. The summed E-state index contributed by atoms with van der Waals surface area (Å²) < 4.78 is 8.30. The minimum Gasteiger partial charge on any atom is -0.463 e. The summed E-state index contributed by atoms with van der Waals surface area (Å²) in [6, 6.07) is 5.41. The monoisotopic (exact) mass is 291 g/mol. The number of hydrogen-bond donors (Lipinski definition) is 1. The number of nitrogens with one attached hydrogen (secondary N) is 1. The van der Waals surface area contributed by atoms with E-state index in [1.54, 1.807) is 12.1 Å². The number of amides is 1. The van der Waals surface area contributed by atoms with E-state index >= 15 is 0 Å². The zero-order chi connectivity index (χ0) is 14.7. The molecule has 0 bridgehead atoms. The van der Waals surface area contributed by atoms with Gasteiger partial charge in [0.05, 0.1) is 7.11 Å². The predicted molar refractivity (Wildman–Crippen MR) is 75.1 cm³/mol. The summed E-state index contributed by atoms with van der Waals surface area (Å²) in [4.78, 5) is 27.1. The lowest BCUT2D eigenvalue weighted by Gasteiger charge is -2.04. The molecule has 1 aromatic heterocycles. The lowest BCUT2D eigenvalue weighted by molar-refractivity contribution is 0.0588. The topological polar surface area (TPSA) is 81.2 Å². The van der Waals surface area contributed by atoms with Crippen LogP contribution in [0, 0.1) is 13.8 Å². The molecule has 7 heteroatoms. The first-order valence-electron chi connectivity index (χ1n) is 5.82. The van der Waals surface area contributed by atoms with Crippen LogP contribution in [0.5, 0.6) is 0 Å². The number of aryl methyl sites for hydroxylation is 2. The van der Waals surface area contributed by atoms with Gasteiger partial charge in [-0.3, -0.25) is 10.1 Å². The van der Waals surface area contributed by atoms with Crippen molar-refractivity contribution in [2.75, 3.05) is 12.4 Å². The second-order valence-electron chi connectivity index (χ2n) is 4.17. The van der Waals surface area contributed by atoms with Crippen LogP contribution in [-0.4, -0.2) is 28.3 Å². The highest BCUT2D eigenvalue weighted by molar-refractivity contribution is 7.10. The highest BCUT2D eigenvalue weighted by atomic mass is 32.1. The van der Waals surface area contributed by atoms with Gasteiger partial charge in [-0.1, -0.05) is 6.07 Å². The SMILES string of the molecule is COC(=O)c1nsc(NC(=O)c2ccc(C)c(C)c2)n1. The Hall–Kier alpha value is -2.28. The first kappa shape index (κ1) is 14.1. The number of methoxy groups -OCH3 is 1. The van der Waals surface area contributed by atoms with E-state index < -0.39 is 5.97 Å². The van der Waals surface area contributed by atoms with E-state index in [4.69, 9.17) is 0 Å². The summed E-state index contributed by atoms with van der Waals surface area (Å²) in [5, 5.41) is 2.86. The number of aromatic nitrogens is 2. The van der Waals surface area contributed by atoms with Gasteiger partial charge in [0.15, 0.2) is 0 Å². The number of carbonyl (C=O) groups excluding carboxylic acids is 2. The van der Waals surface area contributed by atoms with Crippen molar-refractivity contribution >= 4 is 28.5 Å². The molecule has 0 saturated heterocycles. The Morgan fingerprint density at radius 3 is 2.65 bits per heavy atom. The molecule has 20 heavy (non-hydrogen) atoms. The highest BCUT2D eigenvalue weighted by Crippen LogP contribution is 2.15. The Morgan fingerprint density at radius 1 is 1.25 bits per heavy atom. The van der Waals surface area contributed by atoms with Crippen LogP contribution in [0.15, 0.2) is 18.2 Å². The molecule has 0 saturated carbocycles. The molecular formula is C13H13N3O3S. The molecule has 1 amide bonds. The number of hydrogen-bond acceptors (Lipinski definition) is 6. The summed E-state index contributed by atoms with van der Waals surface area (Å²) in [5.41, 5.74) is 2.68. The van der Waals surface area contributed by atoms with Crippen molar-refractivity contribution in [2.24, 2.45) is 0 Å². The van der Waals surface area contributed by atoms with E-state index in [1.807, 2.05) is 19.9 Å². The second-order valence-corrected chi connectivity index (χ2v) is 4.92. The maximum Gasteiger partial charge on any atom is 0.377 e. The predicted octanol–water partition coefficient (Wildman–Crippen LogP) is 2.19. The lowest BCUT2D eigenvalue weighted by Crippen LogP contribution is -2.12. The normalized spacial score (nSPS) is 10.2. The highest BCUT2D eigenvalue weighted by Gasteiger charge is 2.15. The van der Waals surface area contributed by atoms with Crippen molar-refractivity contribution in [3.8, 4) is 0 Å². The van der Waals surface area contributed by atoms with Gasteiger partial charge >= 0.3 is 5.97 Å². The molecule has 0 spiro atoms. The van der Waals surface area contributed by atoms with Gasteiger partial charge in [-0.15, -0.1) is 0 Å². The van der Waals surface area contributed by atoms with E-state index in [0.29, 0.717) is 5.56 Å². The largest absolute Gasteiger partial charge is 0.463 e. The minimum atomic E-state index is -0.632. The van der Waals surface area contributed by atoms with Crippen LogP contribution in [0.25, 0.3) is 0 Å². The maximum atomic E-state index is 12.0. The van der Waals surface area contributed by atoms with Crippen molar-refractivity contribution in [2.45, 2.75) is 13.8 Å². The molecule has 0 unspecified atom stereocenters. The molecule has 1 heterocycles. The molecule has 2 rings (SSSR count). The summed E-state index contributed by atoms with van der Waals surface area (Å²) in [5.74, 6) is -0.985. The number of benzene rings is 1. The van der Waals surface area contributed by atoms with Gasteiger partial charge in [0.2, 0.25) is 5.13 Å². The molecule has 0 aliphatic rings. The molecule has 0 atom stereocenters. The molecule has 104 valence electrons. The quantitative estimate of drug-likeness (QED) is 0.877. The van der Waals surface area contributed by atoms with Gasteiger partial charge in [0, 0.05) is 17.1 Å².